The van der Waals surface area contributed by atoms with Crippen LogP contribution in [-0.2, 0) is 4.79 Å². The molecule has 140 valence electrons. The summed E-state index contributed by atoms with van der Waals surface area (Å²) >= 11 is 8.63. The number of amides is 1. The minimum absolute atomic E-state index is 0.172. The molecule has 1 fully saturated rings. The number of hydrogen-bond acceptors (Lipinski definition) is 6. The van der Waals surface area contributed by atoms with E-state index in [2.05, 4.69) is 15.3 Å². The lowest BCUT2D eigenvalue weighted by Crippen LogP contribution is -2.19. The summed E-state index contributed by atoms with van der Waals surface area (Å²) in [6.07, 6.45) is 1.82. The van der Waals surface area contributed by atoms with Crippen LogP contribution in [-0.4, -0.2) is 23.2 Å². The number of thiazole rings is 1. The molecule has 5 nitrogen and oxygen atoms in total. The van der Waals surface area contributed by atoms with Gasteiger partial charge in [0, 0.05) is 16.0 Å². The van der Waals surface area contributed by atoms with Crippen molar-refractivity contribution in [1.29, 1.82) is 0 Å². The van der Waals surface area contributed by atoms with Crippen molar-refractivity contribution in [2.45, 2.75) is 0 Å². The molecule has 2 heterocycles. The van der Waals surface area contributed by atoms with E-state index in [-0.39, 0.29) is 5.91 Å². The first kappa shape index (κ1) is 18.7. The third kappa shape index (κ3) is 4.27. The Morgan fingerprint density at radius 2 is 1.89 bits per heavy atom. The van der Waals surface area contributed by atoms with Gasteiger partial charge in [-0.3, -0.25) is 4.79 Å². The molecule has 0 saturated carbocycles. The average Bonchev–Trinajstić information content (AvgIpc) is 3.30. The first-order valence-corrected chi connectivity index (χ1v) is 10.3. The summed E-state index contributed by atoms with van der Waals surface area (Å²) in [4.78, 5) is 21.8. The second kappa shape index (κ2) is 8.18. The van der Waals surface area contributed by atoms with Crippen LogP contribution in [0.2, 0.25) is 5.02 Å². The Morgan fingerprint density at radius 3 is 2.61 bits per heavy atom. The molecule has 0 atom stereocenters. The van der Waals surface area contributed by atoms with E-state index in [0.717, 1.165) is 22.6 Å². The molecule has 8 heteroatoms. The van der Waals surface area contributed by atoms with Gasteiger partial charge in [-0.1, -0.05) is 35.9 Å². The summed E-state index contributed by atoms with van der Waals surface area (Å²) in [6, 6.07) is 15.0. The molecule has 1 aromatic heterocycles. The highest BCUT2D eigenvalue weighted by Crippen LogP contribution is 2.31. The van der Waals surface area contributed by atoms with E-state index in [9.17, 15) is 4.79 Å². The van der Waals surface area contributed by atoms with Crippen molar-refractivity contribution in [3.63, 3.8) is 0 Å². The minimum atomic E-state index is -0.172. The number of nitrogens with zero attached hydrogens (tertiary/aromatic N) is 2. The third-order valence-corrected chi connectivity index (χ3v) is 5.79. The molecule has 0 bridgehead atoms. The molecular formula is C20H14ClN3O2S2. The summed E-state index contributed by atoms with van der Waals surface area (Å²) in [5.74, 6) is 0.599. The van der Waals surface area contributed by atoms with Gasteiger partial charge in [0.05, 0.1) is 17.7 Å². The van der Waals surface area contributed by atoms with Crippen LogP contribution in [0.4, 0.5) is 5.13 Å². The van der Waals surface area contributed by atoms with Crippen molar-refractivity contribution >= 4 is 57.0 Å². The number of carbonyl (C=O) groups is 1. The molecule has 28 heavy (non-hydrogen) atoms. The summed E-state index contributed by atoms with van der Waals surface area (Å²) in [5, 5.41) is 6.49. The molecule has 0 spiro atoms. The van der Waals surface area contributed by atoms with Crippen LogP contribution in [0.15, 0.2) is 63.8 Å². The average molecular weight is 428 g/mol. The Morgan fingerprint density at radius 1 is 1.14 bits per heavy atom. The fourth-order valence-electron chi connectivity index (χ4n) is 2.49. The Kier molecular flexibility index (Phi) is 5.47. The zero-order valence-electron chi connectivity index (χ0n) is 14.7. The van der Waals surface area contributed by atoms with Gasteiger partial charge in [0.15, 0.2) is 5.17 Å². The Bertz CT molecular complexity index is 1070. The molecule has 1 saturated heterocycles. The van der Waals surface area contributed by atoms with E-state index in [0.29, 0.717) is 20.2 Å². The monoisotopic (exact) mass is 427 g/mol. The van der Waals surface area contributed by atoms with Gasteiger partial charge in [-0.05, 0) is 47.7 Å². The number of hydrogen-bond donors (Lipinski definition) is 1. The lowest BCUT2D eigenvalue weighted by atomic mass is 10.2. The van der Waals surface area contributed by atoms with Crippen LogP contribution < -0.4 is 10.1 Å². The second-order valence-electron chi connectivity index (χ2n) is 5.78. The molecule has 1 N–H and O–H groups in total. The Balaban J connectivity index is 1.51. The van der Waals surface area contributed by atoms with E-state index in [1.165, 1.54) is 23.1 Å². The maximum atomic E-state index is 12.2. The van der Waals surface area contributed by atoms with E-state index in [1.54, 1.807) is 7.11 Å². The summed E-state index contributed by atoms with van der Waals surface area (Å²) < 4.78 is 5.15. The van der Waals surface area contributed by atoms with Crippen LogP contribution in [0.1, 0.15) is 5.56 Å². The highest BCUT2D eigenvalue weighted by molar-refractivity contribution is 8.18. The van der Waals surface area contributed by atoms with Crippen molar-refractivity contribution in [3.05, 3.63) is 69.4 Å². The van der Waals surface area contributed by atoms with Gasteiger partial charge in [-0.2, -0.15) is 4.99 Å². The van der Waals surface area contributed by atoms with Crippen molar-refractivity contribution in [3.8, 4) is 17.0 Å². The molecule has 0 unspecified atom stereocenters. The number of nitrogens with one attached hydrogen (secondary N) is 1. The van der Waals surface area contributed by atoms with Gasteiger partial charge in [-0.15, -0.1) is 11.3 Å². The van der Waals surface area contributed by atoms with Gasteiger partial charge >= 0.3 is 0 Å². The highest BCUT2D eigenvalue weighted by Gasteiger charge is 2.24. The number of thioether (sulfide) groups is 1. The molecule has 0 aliphatic carbocycles. The van der Waals surface area contributed by atoms with Crippen LogP contribution in [0, 0.1) is 0 Å². The van der Waals surface area contributed by atoms with Crippen LogP contribution in [0.25, 0.3) is 17.3 Å². The van der Waals surface area contributed by atoms with E-state index >= 15 is 0 Å². The van der Waals surface area contributed by atoms with Gasteiger partial charge in [-0.25, -0.2) is 4.98 Å². The standard InChI is InChI=1S/C20H14ClN3O2S2/c1-26-15-8-2-12(3-9-15)10-17-18(25)23-20(28-17)24-19-22-16(11-27-19)13-4-6-14(21)7-5-13/h2-11H,1H3,(H,22,23,24,25)/b17-10-. The molecule has 1 aliphatic heterocycles. The van der Waals surface area contributed by atoms with Crippen LogP contribution >= 0.6 is 34.7 Å². The van der Waals surface area contributed by atoms with E-state index in [1.807, 2.05) is 60.0 Å². The summed E-state index contributed by atoms with van der Waals surface area (Å²) in [7, 11) is 1.62. The Labute approximate surface area is 175 Å². The zero-order valence-corrected chi connectivity index (χ0v) is 17.1. The number of aliphatic imine (C=N–C) groups is 1. The molecule has 2 aromatic carbocycles. The number of amidine groups is 1. The highest BCUT2D eigenvalue weighted by atomic mass is 35.5. The zero-order chi connectivity index (χ0) is 19.5. The largest absolute Gasteiger partial charge is 0.497 e. The maximum absolute atomic E-state index is 12.2. The van der Waals surface area contributed by atoms with Crippen molar-refractivity contribution in [2.24, 2.45) is 4.99 Å². The number of benzene rings is 2. The minimum Gasteiger partial charge on any atom is -0.497 e. The van der Waals surface area contributed by atoms with E-state index in [4.69, 9.17) is 16.3 Å². The van der Waals surface area contributed by atoms with Gasteiger partial charge in [0.2, 0.25) is 5.13 Å². The lowest BCUT2D eigenvalue weighted by molar-refractivity contribution is -0.115. The fraction of sp³-hybridized carbons (Fsp3) is 0.0500. The predicted octanol–water partition coefficient (Wildman–Crippen LogP) is 5.36. The third-order valence-electron chi connectivity index (χ3n) is 3.89. The number of halogens is 1. The topological polar surface area (TPSA) is 63.6 Å². The maximum Gasteiger partial charge on any atom is 0.264 e. The number of rotatable bonds is 4. The summed E-state index contributed by atoms with van der Waals surface area (Å²) in [5.41, 5.74) is 2.71. The fourth-order valence-corrected chi connectivity index (χ4v) is 4.20. The number of aromatic nitrogens is 1. The number of carbonyl (C=O) groups excluding carboxylic acids is 1. The normalized spacial score (nSPS) is 16.6. The molecule has 3 aromatic rings. The van der Waals surface area contributed by atoms with Crippen molar-refractivity contribution < 1.29 is 9.53 Å². The smallest absolute Gasteiger partial charge is 0.264 e. The SMILES string of the molecule is COc1ccc(/C=C2\SC(=Nc3nc(-c4ccc(Cl)cc4)cs3)NC2=O)cc1. The second-order valence-corrected chi connectivity index (χ2v) is 8.08. The first-order chi connectivity index (χ1) is 13.6. The van der Waals surface area contributed by atoms with Crippen LogP contribution in [0.3, 0.4) is 0 Å². The van der Waals surface area contributed by atoms with Crippen molar-refractivity contribution in [2.75, 3.05) is 7.11 Å². The van der Waals surface area contributed by atoms with Gasteiger partial charge in [0.25, 0.3) is 5.91 Å². The number of ether oxygens (including phenoxy) is 1. The molecule has 4 rings (SSSR count). The molecule has 1 aliphatic rings. The van der Waals surface area contributed by atoms with Gasteiger partial charge < -0.3 is 10.1 Å². The van der Waals surface area contributed by atoms with Crippen molar-refractivity contribution in [1.82, 2.24) is 10.3 Å². The quantitative estimate of drug-likeness (QED) is 0.569. The predicted molar refractivity (Wildman–Crippen MR) is 116 cm³/mol. The molecule has 1 amide bonds. The lowest BCUT2D eigenvalue weighted by Gasteiger charge is -1.99. The Hall–Kier alpha value is -2.61. The summed E-state index contributed by atoms with van der Waals surface area (Å²) in [6.45, 7) is 0. The molecular weight excluding hydrogens is 414 g/mol. The number of methoxy groups -OCH3 is 1. The van der Waals surface area contributed by atoms with Crippen LogP contribution in [0.5, 0.6) is 5.75 Å². The van der Waals surface area contributed by atoms with Gasteiger partial charge in [0.1, 0.15) is 5.75 Å². The first-order valence-electron chi connectivity index (χ1n) is 8.26. The molecule has 0 radical (unpaired) electrons. The van der Waals surface area contributed by atoms with E-state index < -0.39 is 0 Å².